The van der Waals surface area contributed by atoms with Crippen molar-refractivity contribution in [3.8, 4) is 5.82 Å². The van der Waals surface area contributed by atoms with Crippen molar-refractivity contribution in [2.24, 2.45) is 7.05 Å². The molecule has 0 aliphatic rings. The van der Waals surface area contributed by atoms with Crippen LogP contribution in [-0.4, -0.2) is 43.9 Å². The van der Waals surface area contributed by atoms with Crippen LogP contribution in [0.4, 0.5) is 15.8 Å². The minimum atomic E-state index is -3.97. The topological polar surface area (TPSA) is 137 Å². The van der Waals surface area contributed by atoms with Crippen LogP contribution in [-0.2, 0) is 17.1 Å². The predicted molar refractivity (Wildman–Crippen MR) is 130 cm³/mol. The molecule has 0 unspecified atom stereocenters. The Morgan fingerprint density at radius 3 is 2.67 bits per heavy atom. The van der Waals surface area contributed by atoms with Gasteiger partial charge in [-0.15, -0.1) is 0 Å². The molecular weight excluding hydrogens is 511 g/mol. The Bertz CT molecular complexity index is 1720. The first-order chi connectivity index (χ1) is 17.2. The number of hydrogen-bond donors (Lipinski definition) is 2. The maximum absolute atomic E-state index is 13.4. The van der Waals surface area contributed by atoms with E-state index in [0.717, 1.165) is 6.07 Å². The molecule has 3 heterocycles. The van der Waals surface area contributed by atoms with E-state index in [1.54, 1.807) is 19.2 Å². The van der Waals surface area contributed by atoms with Crippen molar-refractivity contribution < 1.29 is 17.6 Å². The number of carbonyl (C=O) groups is 1. The Hall–Kier alpha value is -4.36. The molecule has 0 atom stereocenters. The minimum Gasteiger partial charge on any atom is -0.321 e. The Kier molecular flexibility index (Phi) is 5.86. The van der Waals surface area contributed by atoms with Crippen LogP contribution in [0.5, 0.6) is 0 Å². The molecule has 2 N–H and O–H groups in total. The predicted octanol–water partition coefficient (Wildman–Crippen LogP) is 3.39. The van der Waals surface area contributed by atoms with Gasteiger partial charge >= 0.3 is 0 Å². The molecule has 14 heteroatoms. The van der Waals surface area contributed by atoms with E-state index in [2.05, 4.69) is 30.2 Å². The van der Waals surface area contributed by atoms with Crippen LogP contribution < -0.4 is 10.0 Å². The van der Waals surface area contributed by atoms with E-state index in [9.17, 15) is 17.6 Å². The van der Waals surface area contributed by atoms with Crippen molar-refractivity contribution in [3.63, 3.8) is 0 Å². The van der Waals surface area contributed by atoms with Gasteiger partial charge in [0.15, 0.2) is 5.82 Å². The number of sulfonamides is 1. The Balaban J connectivity index is 1.39. The van der Waals surface area contributed by atoms with Gasteiger partial charge in [-0.2, -0.15) is 10.2 Å². The van der Waals surface area contributed by atoms with E-state index in [1.165, 1.54) is 58.5 Å². The quantitative estimate of drug-likeness (QED) is 0.346. The summed E-state index contributed by atoms with van der Waals surface area (Å²) in [5, 5.41) is 11.4. The molecule has 1 amide bonds. The molecule has 2 aromatic carbocycles. The van der Waals surface area contributed by atoms with E-state index in [0.29, 0.717) is 22.4 Å². The fraction of sp³-hybridized carbons (Fsp3) is 0.0455. The molecular formula is C22H16ClFN8O3S. The van der Waals surface area contributed by atoms with E-state index >= 15 is 0 Å². The highest BCUT2D eigenvalue weighted by molar-refractivity contribution is 7.92. The highest BCUT2D eigenvalue weighted by Crippen LogP contribution is 2.26. The second-order valence-electron chi connectivity index (χ2n) is 7.58. The maximum Gasteiger partial charge on any atom is 0.274 e. The van der Waals surface area contributed by atoms with Gasteiger partial charge in [0.2, 0.25) is 0 Å². The van der Waals surface area contributed by atoms with Crippen molar-refractivity contribution in [1.82, 2.24) is 29.5 Å². The normalized spacial score (nSPS) is 11.5. The molecule has 0 saturated carbocycles. The zero-order valence-electron chi connectivity index (χ0n) is 18.4. The Labute approximate surface area is 208 Å². The summed E-state index contributed by atoms with van der Waals surface area (Å²) >= 11 is 5.78. The van der Waals surface area contributed by atoms with Crippen LogP contribution in [0.3, 0.4) is 0 Å². The molecule has 0 aliphatic carbocycles. The highest BCUT2D eigenvalue weighted by atomic mass is 35.5. The van der Waals surface area contributed by atoms with E-state index in [4.69, 9.17) is 11.6 Å². The SMILES string of the molecule is Cn1nc2cc(NS(=O)(=O)c3cnn(-c4ccncn4)c3)ccc2c1C(=O)Nc1ccc(F)c(Cl)c1. The van der Waals surface area contributed by atoms with Crippen LogP contribution in [0, 0.1) is 5.82 Å². The number of hydrogen-bond acceptors (Lipinski definition) is 7. The summed E-state index contributed by atoms with van der Waals surface area (Å²) in [6.07, 6.45) is 5.37. The molecule has 182 valence electrons. The van der Waals surface area contributed by atoms with Gasteiger partial charge in [0.1, 0.15) is 22.7 Å². The monoisotopic (exact) mass is 526 g/mol. The molecule has 11 nitrogen and oxygen atoms in total. The van der Waals surface area contributed by atoms with Crippen LogP contribution in [0.25, 0.3) is 16.7 Å². The molecule has 3 aromatic heterocycles. The summed E-state index contributed by atoms with van der Waals surface area (Å²) in [6, 6.07) is 10.0. The zero-order chi connectivity index (χ0) is 25.4. The number of anilines is 2. The lowest BCUT2D eigenvalue weighted by Crippen LogP contribution is -2.16. The van der Waals surface area contributed by atoms with Crippen molar-refractivity contribution in [2.45, 2.75) is 4.90 Å². The van der Waals surface area contributed by atoms with E-state index < -0.39 is 21.7 Å². The number of aryl methyl sites for hydroxylation is 1. The molecule has 0 fully saturated rings. The van der Waals surface area contributed by atoms with Gasteiger partial charge in [-0.25, -0.2) is 27.5 Å². The second kappa shape index (κ2) is 9.02. The highest BCUT2D eigenvalue weighted by Gasteiger charge is 2.21. The van der Waals surface area contributed by atoms with Crippen LogP contribution in [0.15, 0.2) is 72.3 Å². The maximum atomic E-state index is 13.4. The van der Waals surface area contributed by atoms with Gasteiger partial charge < -0.3 is 5.32 Å². The van der Waals surface area contributed by atoms with Gasteiger partial charge in [-0.1, -0.05) is 11.6 Å². The number of rotatable bonds is 6. The van der Waals surface area contributed by atoms with Crippen molar-refractivity contribution in [3.05, 3.63) is 83.9 Å². The lowest BCUT2D eigenvalue weighted by molar-refractivity contribution is 0.101. The summed E-state index contributed by atoms with van der Waals surface area (Å²) in [5.41, 5.74) is 1.17. The summed E-state index contributed by atoms with van der Waals surface area (Å²) in [5.74, 6) is -0.680. The number of amides is 1. The molecule has 0 aliphatic heterocycles. The van der Waals surface area contributed by atoms with E-state index in [-0.39, 0.29) is 21.3 Å². The lowest BCUT2D eigenvalue weighted by atomic mass is 10.2. The second-order valence-corrected chi connectivity index (χ2v) is 9.67. The summed E-state index contributed by atoms with van der Waals surface area (Å²) in [6.45, 7) is 0. The largest absolute Gasteiger partial charge is 0.321 e. The first-order valence-corrected chi connectivity index (χ1v) is 12.1. The Morgan fingerprint density at radius 2 is 1.92 bits per heavy atom. The number of fused-ring (bicyclic) bond motifs is 1. The standard InChI is InChI=1S/C22H16ClFN8O3S/c1-31-21(22(33)28-13-3-5-18(24)17(23)8-13)16-4-2-14(9-19(16)29-31)30-36(34,35)15-10-27-32(11-15)20-6-7-25-12-26-20/h2-12,30H,1H3,(H,28,33). The zero-order valence-corrected chi connectivity index (χ0v) is 20.0. The van der Waals surface area contributed by atoms with Crippen molar-refractivity contribution >= 4 is 49.8 Å². The molecule has 0 radical (unpaired) electrons. The summed E-state index contributed by atoms with van der Waals surface area (Å²) in [7, 11) is -2.39. The third-order valence-corrected chi connectivity index (χ3v) is 6.77. The number of nitrogens with one attached hydrogen (secondary N) is 2. The molecule has 0 spiro atoms. The third-order valence-electron chi connectivity index (χ3n) is 5.15. The first-order valence-electron chi connectivity index (χ1n) is 10.3. The van der Waals surface area contributed by atoms with Gasteiger partial charge in [0.25, 0.3) is 15.9 Å². The van der Waals surface area contributed by atoms with Crippen molar-refractivity contribution in [2.75, 3.05) is 10.0 Å². The number of nitrogens with zero attached hydrogens (tertiary/aromatic N) is 6. The summed E-state index contributed by atoms with van der Waals surface area (Å²) in [4.78, 5) is 20.7. The van der Waals surface area contributed by atoms with Crippen LogP contribution >= 0.6 is 11.6 Å². The minimum absolute atomic E-state index is 0.0692. The first kappa shape index (κ1) is 23.4. The summed E-state index contributed by atoms with van der Waals surface area (Å²) < 4.78 is 44.4. The molecule has 5 rings (SSSR count). The fourth-order valence-corrected chi connectivity index (χ4v) is 4.66. The van der Waals surface area contributed by atoms with Gasteiger partial charge in [-0.3, -0.25) is 14.2 Å². The third kappa shape index (κ3) is 4.48. The van der Waals surface area contributed by atoms with Gasteiger partial charge in [-0.05, 0) is 36.4 Å². The van der Waals surface area contributed by atoms with Gasteiger partial charge in [0, 0.05) is 30.4 Å². The lowest BCUT2D eigenvalue weighted by Gasteiger charge is -2.07. The molecule has 0 bridgehead atoms. The Morgan fingerprint density at radius 1 is 1.11 bits per heavy atom. The van der Waals surface area contributed by atoms with E-state index in [1.807, 2.05) is 0 Å². The number of carbonyl (C=O) groups excluding carboxylic acids is 1. The van der Waals surface area contributed by atoms with Crippen molar-refractivity contribution in [1.29, 1.82) is 0 Å². The van der Waals surface area contributed by atoms with Crippen LogP contribution in [0.1, 0.15) is 10.5 Å². The average molecular weight is 527 g/mol. The van der Waals surface area contributed by atoms with Gasteiger partial charge in [0.05, 0.1) is 28.6 Å². The average Bonchev–Trinajstić information content (AvgIpc) is 3.46. The molecule has 36 heavy (non-hydrogen) atoms. The fourth-order valence-electron chi connectivity index (χ4n) is 3.50. The van der Waals surface area contributed by atoms with Crippen LogP contribution in [0.2, 0.25) is 5.02 Å². The number of benzene rings is 2. The number of halogens is 2. The smallest absolute Gasteiger partial charge is 0.274 e. The number of aromatic nitrogens is 6. The molecule has 0 saturated heterocycles. The molecule has 5 aromatic rings.